The van der Waals surface area contributed by atoms with Crippen LogP contribution < -0.4 is 15.2 Å². The summed E-state index contributed by atoms with van der Waals surface area (Å²) < 4.78 is 13.5. The van der Waals surface area contributed by atoms with E-state index in [9.17, 15) is 0 Å². The molecule has 1 aromatic heterocycles. The molecule has 0 amide bonds. The molecule has 0 fully saturated rings. The Bertz CT molecular complexity index is 571. The Labute approximate surface area is 119 Å². The lowest BCUT2D eigenvalue weighted by atomic mass is 10.2. The van der Waals surface area contributed by atoms with Crippen molar-refractivity contribution in [2.24, 2.45) is 12.8 Å². The van der Waals surface area contributed by atoms with Gasteiger partial charge in [-0.2, -0.15) is 5.10 Å². The summed E-state index contributed by atoms with van der Waals surface area (Å²) >= 11 is 3.46. The first-order valence-electron chi connectivity index (χ1n) is 5.68. The van der Waals surface area contributed by atoms with Crippen molar-refractivity contribution >= 4 is 15.9 Å². The molecule has 102 valence electrons. The SMILES string of the molecule is COc1cc(CN)cc(Br)c1OCc1ncnn1C. The molecule has 0 bridgehead atoms. The van der Waals surface area contributed by atoms with E-state index >= 15 is 0 Å². The zero-order valence-corrected chi connectivity index (χ0v) is 12.3. The van der Waals surface area contributed by atoms with Crippen LogP contribution in [0.5, 0.6) is 11.5 Å². The number of rotatable bonds is 5. The van der Waals surface area contributed by atoms with Crippen LogP contribution in [0.15, 0.2) is 22.9 Å². The summed E-state index contributed by atoms with van der Waals surface area (Å²) in [5.74, 6) is 2.00. The molecule has 19 heavy (non-hydrogen) atoms. The number of hydrogen-bond acceptors (Lipinski definition) is 5. The van der Waals surface area contributed by atoms with E-state index in [1.165, 1.54) is 6.33 Å². The van der Waals surface area contributed by atoms with Crippen molar-refractivity contribution in [1.29, 1.82) is 0 Å². The van der Waals surface area contributed by atoms with Crippen molar-refractivity contribution in [1.82, 2.24) is 14.8 Å². The predicted octanol–water partition coefficient (Wildman–Crippen LogP) is 1.62. The maximum absolute atomic E-state index is 5.75. The molecule has 0 aliphatic rings. The normalized spacial score (nSPS) is 10.5. The zero-order valence-electron chi connectivity index (χ0n) is 10.8. The fourth-order valence-corrected chi connectivity index (χ4v) is 2.22. The average Bonchev–Trinajstić information content (AvgIpc) is 2.82. The number of methoxy groups -OCH3 is 1. The lowest BCUT2D eigenvalue weighted by molar-refractivity contribution is 0.269. The van der Waals surface area contributed by atoms with Crippen molar-refractivity contribution in [2.45, 2.75) is 13.2 Å². The Morgan fingerprint density at radius 1 is 1.42 bits per heavy atom. The van der Waals surface area contributed by atoms with Crippen LogP contribution in [-0.2, 0) is 20.2 Å². The molecule has 7 heteroatoms. The quantitative estimate of drug-likeness (QED) is 0.903. The van der Waals surface area contributed by atoms with Gasteiger partial charge in [-0.25, -0.2) is 4.98 Å². The largest absolute Gasteiger partial charge is 0.493 e. The molecule has 0 unspecified atom stereocenters. The monoisotopic (exact) mass is 326 g/mol. The van der Waals surface area contributed by atoms with Gasteiger partial charge in [0.15, 0.2) is 17.3 Å². The zero-order chi connectivity index (χ0) is 13.8. The van der Waals surface area contributed by atoms with E-state index in [0.29, 0.717) is 24.7 Å². The minimum absolute atomic E-state index is 0.313. The second kappa shape index (κ2) is 6.03. The van der Waals surface area contributed by atoms with Crippen molar-refractivity contribution < 1.29 is 9.47 Å². The number of benzene rings is 1. The van der Waals surface area contributed by atoms with Crippen molar-refractivity contribution in [3.63, 3.8) is 0 Å². The van der Waals surface area contributed by atoms with Gasteiger partial charge in [-0.05, 0) is 33.6 Å². The van der Waals surface area contributed by atoms with E-state index in [2.05, 4.69) is 26.0 Å². The highest BCUT2D eigenvalue weighted by atomic mass is 79.9. The van der Waals surface area contributed by atoms with Gasteiger partial charge in [0.2, 0.25) is 0 Å². The number of aromatic nitrogens is 3. The maximum Gasteiger partial charge on any atom is 0.176 e. The second-order valence-electron chi connectivity index (χ2n) is 3.90. The highest BCUT2D eigenvalue weighted by Crippen LogP contribution is 2.36. The van der Waals surface area contributed by atoms with Crippen LogP contribution in [0.2, 0.25) is 0 Å². The molecule has 6 nitrogen and oxygen atoms in total. The Kier molecular flexibility index (Phi) is 4.39. The molecule has 0 aliphatic carbocycles. The number of nitrogens with zero attached hydrogens (tertiary/aromatic N) is 3. The van der Waals surface area contributed by atoms with Gasteiger partial charge >= 0.3 is 0 Å². The van der Waals surface area contributed by atoms with Crippen LogP contribution >= 0.6 is 15.9 Å². The number of halogens is 1. The molecule has 0 saturated carbocycles. The molecule has 0 aliphatic heterocycles. The highest BCUT2D eigenvalue weighted by Gasteiger charge is 2.12. The van der Waals surface area contributed by atoms with E-state index in [0.717, 1.165) is 15.9 Å². The predicted molar refractivity (Wildman–Crippen MR) is 73.9 cm³/mol. The third-order valence-corrected chi connectivity index (χ3v) is 3.26. The molecular formula is C12H15BrN4O2. The van der Waals surface area contributed by atoms with Crippen LogP contribution in [0.25, 0.3) is 0 Å². The molecule has 0 spiro atoms. The van der Waals surface area contributed by atoms with Gasteiger partial charge in [-0.3, -0.25) is 4.68 Å². The molecule has 2 N–H and O–H groups in total. The summed E-state index contributed by atoms with van der Waals surface area (Å²) in [4.78, 5) is 4.10. The maximum atomic E-state index is 5.75. The fraction of sp³-hybridized carbons (Fsp3) is 0.333. The lowest BCUT2D eigenvalue weighted by Crippen LogP contribution is -2.06. The highest BCUT2D eigenvalue weighted by molar-refractivity contribution is 9.10. The minimum atomic E-state index is 0.313. The van der Waals surface area contributed by atoms with Crippen molar-refractivity contribution in [2.75, 3.05) is 7.11 Å². The Hall–Kier alpha value is -1.60. The van der Waals surface area contributed by atoms with Gasteiger partial charge in [0.25, 0.3) is 0 Å². The summed E-state index contributed by atoms with van der Waals surface area (Å²) in [6, 6.07) is 3.77. The molecule has 0 atom stereocenters. The summed E-state index contributed by atoms with van der Waals surface area (Å²) in [7, 11) is 3.41. The van der Waals surface area contributed by atoms with Gasteiger partial charge in [-0.15, -0.1) is 0 Å². The summed E-state index contributed by atoms with van der Waals surface area (Å²) in [6.07, 6.45) is 1.49. The Morgan fingerprint density at radius 3 is 2.79 bits per heavy atom. The van der Waals surface area contributed by atoms with E-state index in [-0.39, 0.29) is 0 Å². The third kappa shape index (κ3) is 3.05. The van der Waals surface area contributed by atoms with Gasteiger partial charge in [0, 0.05) is 13.6 Å². The fourth-order valence-electron chi connectivity index (χ4n) is 1.62. The van der Waals surface area contributed by atoms with E-state index in [4.69, 9.17) is 15.2 Å². The van der Waals surface area contributed by atoms with Crippen LogP contribution in [0, 0.1) is 0 Å². The average molecular weight is 327 g/mol. The summed E-state index contributed by atoms with van der Waals surface area (Å²) in [5, 5.41) is 3.99. The minimum Gasteiger partial charge on any atom is -0.493 e. The van der Waals surface area contributed by atoms with Gasteiger partial charge < -0.3 is 15.2 Å². The second-order valence-corrected chi connectivity index (χ2v) is 4.76. The summed E-state index contributed by atoms with van der Waals surface area (Å²) in [5.41, 5.74) is 6.59. The summed E-state index contributed by atoms with van der Waals surface area (Å²) in [6.45, 7) is 0.756. The molecule has 2 rings (SSSR count). The number of aryl methyl sites for hydroxylation is 1. The number of hydrogen-bond donors (Lipinski definition) is 1. The first-order chi connectivity index (χ1) is 9.15. The first kappa shape index (κ1) is 13.8. The first-order valence-corrected chi connectivity index (χ1v) is 6.47. The van der Waals surface area contributed by atoms with Crippen molar-refractivity contribution in [3.05, 3.63) is 34.3 Å². The van der Waals surface area contributed by atoms with Crippen LogP contribution in [-0.4, -0.2) is 21.9 Å². The van der Waals surface area contributed by atoms with Crippen LogP contribution in [0.1, 0.15) is 11.4 Å². The smallest absolute Gasteiger partial charge is 0.176 e. The van der Waals surface area contributed by atoms with Gasteiger partial charge in [0.1, 0.15) is 12.9 Å². The van der Waals surface area contributed by atoms with Crippen LogP contribution in [0.4, 0.5) is 0 Å². The molecule has 0 saturated heterocycles. The third-order valence-electron chi connectivity index (χ3n) is 2.68. The number of nitrogens with two attached hydrogens (primary N) is 1. The van der Waals surface area contributed by atoms with E-state index in [1.807, 2.05) is 19.2 Å². The Morgan fingerprint density at radius 2 is 2.21 bits per heavy atom. The van der Waals surface area contributed by atoms with Crippen molar-refractivity contribution in [3.8, 4) is 11.5 Å². The molecular weight excluding hydrogens is 312 g/mol. The van der Waals surface area contributed by atoms with Gasteiger partial charge in [0.05, 0.1) is 11.6 Å². The molecule has 2 aromatic rings. The molecule has 0 radical (unpaired) electrons. The van der Waals surface area contributed by atoms with Crippen LogP contribution in [0.3, 0.4) is 0 Å². The Balaban J connectivity index is 2.22. The lowest BCUT2D eigenvalue weighted by Gasteiger charge is -2.13. The van der Waals surface area contributed by atoms with E-state index < -0.39 is 0 Å². The topological polar surface area (TPSA) is 75.2 Å². The molecule has 1 aromatic carbocycles. The van der Waals surface area contributed by atoms with E-state index in [1.54, 1.807) is 11.8 Å². The van der Waals surface area contributed by atoms with Gasteiger partial charge in [-0.1, -0.05) is 0 Å². The standard InChI is InChI=1S/C12H15BrN4O2/c1-17-11(15-7-16-17)6-19-12-9(13)3-8(5-14)4-10(12)18-2/h3-4,7H,5-6,14H2,1-2H3. The molecule has 1 heterocycles. The number of ether oxygens (including phenoxy) is 2.